The molecule has 0 radical (unpaired) electrons. The molecule has 0 saturated carbocycles. The van der Waals surface area contributed by atoms with Gasteiger partial charge in [-0.25, -0.2) is 4.79 Å². The molecule has 2 aromatic carbocycles. The summed E-state index contributed by atoms with van der Waals surface area (Å²) in [7, 11) is 0. The maximum atomic E-state index is 12.9. The average Bonchev–Trinajstić information content (AvgIpc) is 3.16. The van der Waals surface area contributed by atoms with Crippen molar-refractivity contribution in [3.8, 4) is 23.0 Å². The van der Waals surface area contributed by atoms with Gasteiger partial charge in [0.25, 0.3) is 0 Å². The first-order valence-electron chi connectivity index (χ1n) is 17.2. The summed E-state index contributed by atoms with van der Waals surface area (Å²) in [5, 5.41) is 123. The highest BCUT2D eigenvalue weighted by Gasteiger charge is 2.51. The third kappa shape index (κ3) is 10.0. The van der Waals surface area contributed by atoms with Gasteiger partial charge in [-0.05, 0) is 54.8 Å². The third-order valence-electron chi connectivity index (χ3n) is 9.36. The van der Waals surface area contributed by atoms with Crippen molar-refractivity contribution < 1.29 is 99.2 Å². The summed E-state index contributed by atoms with van der Waals surface area (Å²) < 4.78 is 39.4. The van der Waals surface area contributed by atoms with Gasteiger partial charge in [0.1, 0.15) is 61.0 Å². The molecule has 0 bridgehead atoms. The monoisotopic (exact) mass is 786 g/mol. The fourth-order valence-corrected chi connectivity index (χ4v) is 6.18. The van der Waals surface area contributed by atoms with Crippen molar-refractivity contribution in [3.63, 3.8) is 0 Å². The zero-order valence-corrected chi connectivity index (χ0v) is 29.2. The highest BCUT2D eigenvalue weighted by Crippen LogP contribution is 2.32. The van der Waals surface area contributed by atoms with Crippen molar-refractivity contribution >= 4 is 12.0 Å². The molecule has 3 aliphatic rings. The summed E-state index contributed by atoms with van der Waals surface area (Å²) in [5.41, 5.74) is 0.847. The number of rotatable bonds is 13. The maximum absolute atomic E-state index is 12.9. The predicted molar refractivity (Wildman–Crippen MR) is 180 cm³/mol. The molecular formula is C35H46O20. The molecule has 3 fully saturated rings. The lowest BCUT2D eigenvalue weighted by Gasteiger charge is -2.46. The van der Waals surface area contributed by atoms with Gasteiger partial charge in [0.15, 0.2) is 48.0 Å². The first-order valence-corrected chi connectivity index (χ1v) is 17.2. The van der Waals surface area contributed by atoms with Gasteiger partial charge in [-0.2, -0.15) is 0 Å². The molecule has 0 spiro atoms. The van der Waals surface area contributed by atoms with Crippen LogP contribution in [0.1, 0.15) is 18.1 Å². The van der Waals surface area contributed by atoms with Gasteiger partial charge in [-0.1, -0.05) is 12.1 Å². The van der Waals surface area contributed by atoms with Gasteiger partial charge in [-0.15, -0.1) is 0 Å². The van der Waals surface area contributed by atoms with Gasteiger partial charge >= 0.3 is 5.97 Å². The number of aliphatic hydroxyl groups excluding tert-OH is 8. The zero-order chi connectivity index (χ0) is 40.1. The van der Waals surface area contributed by atoms with Crippen LogP contribution in [-0.4, -0.2) is 179 Å². The van der Waals surface area contributed by atoms with Crippen LogP contribution >= 0.6 is 0 Å². The Balaban J connectivity index is 1.26. The van der Waals surface area contributed by atoms with Crippen molar-refractivity contribution in [2.75, 3.05) is 19.8 Å². The first-order chi connectivity index (χ1) is 26.1. The molecule has 5 rings (SSSR count). The minimum atomic E-state index is -1.84. The van der Waals surface area contributed by atoms with Crippen LogP contribution in [0.5, 0.6) is 23.0 Å². The number of carbonyl (C=O) groups is 1. The van der Waals surface area contributed by atoms with E-state index >= 15 is 0 Å². The Labute approximate surface area is 313 Å². The number of ether oxygens (including phenoxy) is 7. The minimum absolute atomic E-state index is 0.122. The summed E-state index contributed by atoms with van der Waals surface area (Å²) in [4.78, 5) is 12.9. The van der Waals surface area contributed by atoms with Gasteiger partial charge in [-0.3, -0.25) is 0 Å². The van der Waals surface area contributed by atoms with Crippen LogP contribution in [0, 0.1) is 0 Å². The number of benzene rings is 2. The van der Waals surface area contributed by atoms with Crippen LogP contribution in [0.15, 0.2) is 42.5 Å². The highest BCUT2D eigenvalue weighted by molar-refractivity contribution is 5.87. The topological polar surface area (TPSA) is 324 Å². The number of aliphatic hydroxyl groups is 8. The summed E-state index contributed by atoms with van der Waals surface area (Å²) >= 11 is 0. The molecule has 306 valence electrons. The molecule has 12 N–H and O–H groups in total. The van der Waals surface area contributed by atoms with E-state index in [1.165, 1.54) is 49.4 Å². The molecule has 0 amide bonds. The molecule has 2 aromatic rings. The molecule has 0 aromatic heterocycles. The molecule has 3 aliphatic heterocycles. The quantitative estimate of drug-likeness (QED) is 0.0541. The minimum Gasteiger partial charge on any atom is -0.504 e. The number of phenolic OH excluding ortho intramolecular Hbond substituents is 4. The Morgan fingerprint density at radius 3 is 1.93 bits per heavy atom. The molecule has 0 aliphatic carbocycles. The number of esters is 1. The van der Waals surface area contributed by atoms with Crippen molar-refractivity contribution in [2.24, 2.45) is 0 Å². The van der Waals surface area contributed by atoms with Crippen LogP contribution in [0.4, 0.5) is 0 Å². The van der Waals surface area contributed by atoms with Gasteiger partial charge in [0.05, 0.1) is 25.9 Å². The third-order valence-corrected chi connectivity index (χ3v) is 9.36. The van der Waals surface area contributed by atoms with E-state index in [1.807, 2.05) is 0 Å². The van der Waals surface area contributed by atoms with Crippen molar-refractivity contribution in [1.29, 1.82) is 0 Å². The Hall–Kier alpha value is -3.71. The Kier molecular flexibility index (Phi) is 14.3. The Morgan fingerprint density at radius 1 is 0.673 bits per heavy atom. The van der Waals surface area contributed by atoms with Gasteiger partial charge in [0.2, 0.25) is 0 Å². The molecule has 55 heavy (non-hydrogen) atoms. The smallest absolute Gasteiger partial charge is 0.331 e. The summed E-state index contributed by atoms with van der Waals surface area (Å²) in [5.74, 6) is -2.56. The fourth-order valence-electron chi connectivity index (χ4n) is 6.18. The number of phenols is 4. The molecular weight excluding hydrogens is 740 g/mol. The lowest BCUT2D eigenvalue weighted by atomic mass is 9.97. The van der Waals surface area contributed by atoms with Crippen molar-refractivity contribution in [1.82, 2.24) is 0 Å². The summed E-state index contributed by atoms with van der Waals surface area (Å²) in [6.45, 7) is -0.0485. The summed E-state index contributed by atoms with van der Waals surface area (Å²) in [6, 6.07) is 7.85. The van der Waals surface area contributed by atoms with Crippen LogP contribution in [-0.2, 0) is 44.4 Å². The second-order valence-electron chi connectivity index (χ2n) is 13.3. The standard InChI is InChI=1S/C35H46O20/c1-14-31(55-35-28(46)25(43)24(42)21(12-36)52-35)26(44)29(47)34(51-14)50-13-22-32(54-23(41)7-4-15-2-5-17(37)19(39)10-15)27(45)30(48)33(53-22)49-9-8-16-3-6-18(38)20(40)11-16/h2-7,10-11,14,21-22,24-40,42-48H,8-9,12-13H2,1H3/b7-4+/t14-,21-,22-,24-,25+,26+,27-,28-,29-,30-,31+,32-,33-,34-,35+/m1/s1. The normalized spacial score (nSPS) is 36.9. The van der Waals surface area contributed by atoms with Crippen molar-refractivity contribution in [3.05, 3.63) is 53.6 Å². The van der Waals surface area contributed by atoms with E-state index in [0.717, 1.165) is 6.08 Å². The number of hydrogen-bond donors (Lipinski definition) is 12. The highest BCUT2D eigenvalue weighted by atomic mass is 16.8. The lowest BCUT2D eigenvalue weighted by Crippen LogP contribution is -2.64. The second kappa shape index (κ2) is 18.5. The van der Waals surface area contributed by atoms with E-state index < -0.39 is 117 Å². The van der Waals surface area contributed by atoms with E-state index in [1.54, 1.807) is 0 Å². The SMILES string of the molecule is C[C@H]1O[C@@H](OC[C@H]2O[C@@H](OCCc3ccc(O)c(O)c3)[C@H](O)[C@@H](O)[C@@H]2OC(=O)/C=C/c2ccc(O)c(O)c2)[C@H](O)[C@H](O)[C@H]1O[C@@H]1O[C@H](CO)[C@@H](O)[C@H](O)[C@H]1O. The van der Waals surface area contributed by atoms with Crippen LogP contribution < -0.4 is 0 Å². The number of carbonyl (C=O) groups excluding carboxylic acids is 1. The second-order valence-corrected chi connectivity index (χ2v) is 13.3. The molecule has 3 saturated heterocycles. The van der Waals surface area contributed by atoms with Crippen LogP contribution in [0.3, 0.4) is 0 Å². The fraction of sp³-hybridized carbons (Fsp3) is 0.571. The van der Waals surface area contributed by atoms with E-state index in [4.69, 9.17) is 33.2 Å². The summed E-state index contributed by atoms with van der Waals surface area (Å²) in [6.07, 6.45) is -21.8. The zero-order valence-electron chi connectivity index (χ0n) is 29.2. The average molecular weight is 787 g/mol. The molecule has 0 unspecified atom stereocenters. The maximum Gasteiger partial charge on any atom is 0.331 e. The van der Waals surface area contributed by atoms with Crippen molar-refractivity contribution in [2.45, 2.75) is 105 Å². The Bertz CT molecular complexity index is 1610. The van der Waals surface area contributed by atoms with E-state index in [2.05, 4.69) is 0 Å². The Morgan fingerprint density at radius 2 is 1.27 bits per heavy atom. The van der Waals surface area contributed by atoms with Gasteiger partial charge in [0, 0.05) is 6.08 Å². The van der Waals surface area contributed by atoms with Crippen LogP contribution in [0.25, 0.3) is 6.08 Å². The number of hydrogen-bond acceptors (Lipinski definition) is 20. The van der Waals surface area contributed by atoms with E-state index in [-0.39, 0.29) is 30.3 Å². The van der Waals surface area contributed by atoms with E-state index in [9.17, 15) is 66.1 Å². The van der Waals surface area contributed by atoms with E-state index in [0.29, 0.717) is 11.1 Å². The van der Waals surface area contributed by atoms with Crippen LogP contribution in [0.2, 0.25) is 0 Å². The molecule has 20 heteroatoms. The molecule has 20 nitrogen and oxygen atoms in total. The number of aromatic hydroxyl groups is 4. The predicted octanol–water partition coefficient (Wildman–Crippen LogP) is -3.19. The lowest BCUT2D eigenvalue weighted by molar-refractivity contribution is -0.360. The largest absolute Gasteiger partial charge is 0.504 e. The first kappa shape index (κ1) is 42.4. The molecule has 3 heterocycles. The van der Waals surface area contributed by atoms with Gasteiger partial charge < -0.3 is 94.4 Å². The molecule has 15 atom stereocenters.